The van der Waals surface area contributed by atoms with Crippen LogP contribution in [0.2, 0.25) is 0 Å². The SMILES string of the molecule is CCCCOC(=O)Nc1cccc(Oc2cc(-c3cn[nH]c3)ncn2)c1. The molecule has 8 nitrogen and oxygen atoms in total. The van der Waals surface area contributed by atoms with Gasteiger partial charge in [-0.15, -0.1) is 0 Å². The first-order valence-electron chi connectivity index (χ1n) is 8.27. The highest BCUT2D eigenvalue weighted by molar-refractivity contribution is 5.84. The zero-order chi connectivity index (χ0) is 18.2. The van der Waals surface area contributed by atoms with Crippen LogP contribution >= 0.6 is 0 Å². The van der Waals surface area contributed by atoms with Gasteiger partial charge in [0.05, 0.1) is 18.5 Å². The van der Waals surface area contributed by atoms with E-state index in [1.807, 2.05) is 6.92 Å². The van der Waals surface area contributed by atoms with E-state index in [0.717, 1.165) is 18.4 Å². The van der Waals surface area contributed by atoms with Gasteiger partial charge in [0, 0.05) is 29.6 Å². The molecule has 0 spiro atoms. The van der Waals surface area contributed by atoms with Crippen LogP contribution in [0.25, 0.3) is 11.3 Å². The van der Waals surface area contributed by atoms with E-state index in [4.69, 9.17) is 9.47 Å². The highest BCUT2D eigenvalue weighted by Gasteiger charge is 2.07. The summed E-state index contributed by atoms with van der Waals surface area (Å²) in [6, 6.07) is 8.71. The first-order valence-corrected chi connectivity index (χ1v) is 8.27. The molecule has 3 aromatic rings. The summed E-state index contributed by atoms with van der Waals surface area (Å²) in [5, 5.41) is 9.31. The second-order valence-electron chi connectivity index (χ2n) is 5.47. The second kappa shape index (κ2) is 8.61. The van der Waals surface area contributed by atoms with Crippen LogP contribution in [-0.2, 0) is 4.74 Å². The molecule has 3 rings (SSSR count). The van der Waals surface area contributed by atoms with Crippen molar-refractivity contribution in [1.29, 1.82) is 0 Å². The summed E-state index contributed by atoms with van der Waals surface area (Å²) < 4.78 is 10.8. The molecule has 0 radical (unpaired) electrons. The van der Waals surface area contributed by atoms with E-state index in [9.17, 15) is 4.79 Å². The maximum atomic E-state index is 11.7. The predicted molar refractivity (Wildman–Crippen MR) is 96.0 cm³/mol. The van der Waals surface area contributed by atoms with Gasteiger partial charge in [-0.25, -0.2) is 14.8 Å². The fraction of sp³-hybridized carbons (Fsp3) is 0.222. The molecule has 2 heterocycles. The zero-order valence-corrected chi connectivity index (χ0v) is 14.3. The molecule has 2 N–H and O–H groups in total. The van der Waals surface area contributed by atoms with Gasteiger partial charge in [-0.2, -0.15) is 5.10 Å². The molecule has 0 fully saturated rings. The number of nitrogens with zero attached hydrogens (tertiary/aromatic N) is 3. The summed E-state index contributed by atoms with van der Waals surface area (Å²) >= 11 is 0. The van der Waals surface area contributed by atoms with Crippen molar-refractivity contribution in [1.82, 2.24) is 20.2 Å². The number of benzene rings is 1. The number of aromatic amines is 1. The van der Waals surface area contributed by atoms with Crippen molar-refractivity contribution in [2.45, 2.75) is 19.8 Å². The number of hydrogen-bond donors (Lipinski definition) is 2. The minimum Gasteiger partial charge on any atom is -0.449 e. The van der Waals surface area contributed by atoms with E-state index in [1.54, 1.807) is 42.7 Å². The number of carbonyl (C=O) groups is 1. The van der Waals surface area contributed by atoms with Crippen molar-refractivity contribution in [2.75, 3.05) is 11.9 Å². The van der Waals surface area contributed by atoms with Crippen molar-refractivity contribution in [3.8, 4) is 22.9 Å². The summed E-state index contributed by atoms with van der Waals surface area (Å²) in [4.78, 5) is 20.0. The predicted octanol–water partition coefficient (Wildman–Crippen LogP) is 4.01. The molecule has 0 atom stereocenters. The summed E-state index contributed by atoms with van der Waals surface area (Å²) in [5.41, 5.74) is 2.10. The maximum Gasteiger partial charge on any atom is 0.411 e. The van der Waals surface area contributed by atoms with Crippen LogP contribution in [-0.4, -0.2) is 32.9 Å². The number of ether oxygens (including phenoxy) is 2. The molecule has 0 unspecified atom stereocenters. The summed E-state index contributed by atoms with van der Waals surface area (Å²) in [5.74, 6) is 0.923. The average molecular weight is 353 g/mol. The molecule has 8 heteroatoms. The lowest BCUT2D eigenvalue weighted by Crippen LogP contribution is -2.14. The molecule has 0 aliphatic rings. The smallest absolute Gasteiger partial charge is 0.411 e. The Bertz CT molecular complexity index is 852. The Hall–Kier alpha value is -3.42. The van der Waals surface area contributed by atoms with Crippen LogP contribution in [0.5, 0.6) is 11.6 Å². The van der Waals surface area contributed by atoms with Crippen LogP contribution in [0.4, 0.5) is 10.5 Å². The molecule has 0 aliphatic carbocycles. The van der Waals surface area contributed by atoms with E-state index in [2.05, 4.69) is 25.5 Å². The lowest BCUT2D eigenvalue weighted by molar-refractivity contribution is 0.160. The molecule has 0 saturated carbocycles. The standard InChI is InChI=1S/C18H19N5O3/c1-2-3-7-25-18(24)23-14-5-4-6-15(8-14)26-17-9-16(19-12-20-17)13-10-21-22-11-13/h4-6,8-12H,2-3,7H2,1H3,(H,21,22)(H,23,24). The Balaban J connectivity index is 1.65. The summed E-state index contributed by atoms with van der Waals surface area (Å²) in [6.07, 6.45) is 6.14. The summed E-state index contributed by atoms with van der Waals surface area (Å²) in [6.45, 7) is 2.43. The average Bonchev–Trinajstić information content (AvgIpc) is 3.17. The van der Waals surface area contributed by atoms with Gasteiger partial charge in [0.25, 0.3) is 0 Å². The minimum absolute atomic E-state index is 0.388. The van der Waals surface area contributed by atoms with Crippen LogP contribution in [0.3, 0.4) is 0 Å². The molecule has 0 aliphatic heterocycles. The quantitative estimate of drug-likeness (QED) is 0.622. The van der Waals surface area contributed by atoms with Crippen LogP contribution < -0.4 is 10.1 Å². The molecular weight excluding hydrogens is 334 g/mol. The van der Waals surface area contributed by atoms with Crippen molar-refractivity contribution < 1.29 is 14.3 Å². The van der Waals surface area contributed by atoms with Gasteiger partial charge >= 0.3 is 6.09 Å². The zero-order valence-electron chi connectivity index (χ0n) is 14.3. The largest absolute Gasteiger partial charge is 0.449 e. The minimum atomic E-state index is -0.486. The topological polar surface area (TPSA) is 102 Å². The number of unbranched alkanes of at least 4 members (excludes halogenated alkanes) is 1. The third-order valence-corrected chi connectivity index (χ3v) is 3.47. The Labute approximate surface area is 150 Å². The number of amides is 1. The monoisotopic (exact) mass is 353 g/mol. The van der Waals surface area contributed by atoms with Gasteiger partial charge in [-0.3, -0.25) is 10.4 Å². The Kier molecular flexibility index (Phi) is 5.76. The highest BCUT2D eigenvalue weighted by atomic mass is 16.5. The first kappa shape index (κ1) is 17.4. The molecule has 2 aromatic heterocycles. The number of H-pyrrole nitrogens is 1. The molecule has 26 heavy (non-hydrogen) atoms. The van der Waals surface area contributed by atoms with Gasteiger partial charge in [0.1, 0.15) is 12.1 Å². The van der Waals surface area contributed by atoms with Gasteiger partial charge in [-0.05, 0) is 18.6 Å². The lowest BCUT2D eigenvalue weighted by Gasteiger charge is -2.09. The third-order valence-electron chi connectivity index (χ3n) is 3.47. The highest BCUT2D eigenvalue weighted by Crippen LogP contribution is 2.25. The second-order valence-corrected chi connectivity index (χ2v) is 5.47. The normalized spacial score (nSPS) is 10.3. The molecule has 0 bridgehead atoms. The van der Waals surface area contributed by atoms with Crippen molar-refractivity contribution in [2.24, 2.45) is 0 Å². The molecular formula is C18H19N5O3. The lowest BCUT2D eigenvalue weighted by atomic mass is 10.2. The van der Waals surface area contributed by atoms with Crippen molar-refractivity contribution in [3.63, 3.8) is 0 Å². The number of carbonyl (C=O) groups excluding carboxylic acids is 1. The molecule has 1 amide bonds. The van der Waals surface area contributed by atoms with Gasteiger partial charge in [-0.1, -0.05) is 19.4 Å². The number of hydrogen-bond acceptors (Lipinski definition) is 6. The number of anilines is 1. The number of rotatable bonds is 7. The van der Waals surface area contributed by atoms with E-state index in [0.29, 0.717) is 29.6 Å². The van der Waals surface area contributed by atoms with Gasteiger partial charge < -0.3 is 9.47 Å². The maximum absolute atomic E-state index is 11.7. The van der Waals surface area contributed by atoms with E-state index in [1.165, 1.54) is 6.33 Å². The van der Waals surface area contributed by atoms with Crippen LogP contribution in [0, 0.1) is 0 Å². The molecule has 1 aromatic carbocycles. The number of aromatic nitrogens is 4. The van der Waals surface area contributed by atoms with Gasteiger partial charge in [0.15, 0.2) is 0 Å². The Morgan fingerprint density at radius 2 is 2.19 bits per heavy atom. The fourth-order valence-electron chi connectivity index (χ4n) is 2.17. The van der Waals surface area contributed by atoms with E-state index < -0.39 is 6.09 Å². The van der Waals surface area contributed by atoms with Crippen LogP contribution in [0.15, 0.2) is 49.1 Å². The van der Waals surface area contributed by atoms with Crippen molar-refractivity contribution >= 4 is 11.8 Å². The van der Waals surface area contributed by atoms with Crippen molar-refractivity contribution in [3.05, 3.63) is 49.1 Å². The summed E-state index contributed by atoms with van der Waals surface area (Å²) in [7, 11) is 0. The van der Waals surface area contributed by atoms with Gasteiger partial charge in [0.2, 0.25) is 5.88 Å². The fourth-order valence-corrected chi connectivity index (χ4v) is 2.17. The van der Waals surface area contributed by atoms with E-state index >= 15 is 0 Å². The first-order chi connectivity index (χ1) is 12.7. The number of nitrogens with one attached hydrogen (secondary N) is 2. The van der Waals surface area contributed by atoms with Crippen LogP contribution in [0.1, 0.15) is 19.8 Å². The third kappa shape index (κ3) is 4.79. The van der Waals surface area contributed by atoms with E-state index in [-0.39, 0.29) is 0 Å². The molecule has 0 saturated heterocycles. The Morgan fingerprint density at radius 3 is 3.00 bits per heavy atom. The molecule has 134 valence electrons. The Morgan fingerprint density at radius 1 is 1.27 bits per heavy atom.